The van der Waals surface area contributed by atoms with Gasteiger partial charge in [0.15, 0.2) is 0 Å². The predicted octanol–water partition coefficient (Wildman–Crippen LogP) is 3.90. The summed E-state index contributed by atoms with van der Waals surface area (Å²) in [6, 6.07) is -1.47. The van der Waals surface area contributed by atoms with Crippen LogP contribution in [0.2, 0.25) is 0 Å². The van der Waals surface area contributed by atoms with E-state index in [2.05, 4.69) is 4.74 Å². The molecule has 0 rings (SSSR count). The second-order valence-corrected chi connectivity index (χ2v) is 8.22. The Hall–Kier alpha value is -2.65. The quantitative estimate of drug-likeness (QED) is 0.338. The van der Waals surface area contributed by atoms with Gasteiger partial charge in [0.2, 0.25) is 5.83 Å². The molecule has 0 aliphatic carbocycles. The average molecular weight is 433 g/mol. The Morgan fingerprint density at radius 1 is 0.967 bits per heavy atom. The van der Waals surface area contributed by atoms with E-state index >= 15 is 0 Å². The molecule has 172 valence electrons. The molecule has 0 fully saturated rings. The number of carbonyl (C=O) groups is 4. The van der Waals surface area contributed by atoms with Gasteiger partial charge < -0.3 is 18.9 Å². The summed E-state index contributed by atoms with van der Waals surface area (Å²) in [7, 11) is 1.08. The average Bonchev–Trinajstić information content (AvgIpc) is 2.56. The number of hydrogen-bond acceptors (Lipinski definition) is 8. The van der Waals surface area contributed by atoms with Crippen LogP contribution in [0.3, 0.4) is 0 Å². The van der Waals surface area contributed by atoms with Gasteiger partial charge in [0.25, 0.3) is 0 Å². The van der Waals surface area contributed by atoms with E-state index in [0.717, 1.165) is 13.2 Å². The lowest BCUT2D eigenvalue weighted by atomic mass is 10.1. The van der Waals surface area contributed by atoms with E-state index in [0.29, 0.717) is 4.90 Å². The highest BCUT2D eigenvalue weighted by molar-refractivity contribution is 5.94. The van der Waals surface area contributed by atoms with Crippen LogP contribution in [-0.4, -0.2) is 60.0 Å². The van der Waals surface area contributed by atoms with Crippen LogP contribution in [0.1, 0.15) is 61.3 Å². The first-order valence-electron chi connectivity index (χ1n) is 9.48. The van der Waals surface area contributed by atoms with Crippen molar-refractivity contribution in [1.29, 1.82) is 0 Å². The first kappa shape index (κ1) is 27.4. The molecule has 30 heavy (non-hydrogen) atoms. The van der Waals surface area contributed by atoms with Gasteiger partial charge in [-0.2, -0.15) is 9.29 Å². The van der Waals surface area contributed by atoms with Gasteiger partial charge in [-0.25, -0.2) is 19.2 Å². The van der Waals surface area contributed by atoms with Crippen molar-refractivity contribution >= 4 is 24.1 Å². The molecule has 0 spiro atoms. The fraction of sp³-hybridized carbons (Fsp3) is 0.700. The lowest BCUT2D eigenvalue weighted by Crippen LogP contribution is -2.52. The third-order valence-corrected chi connectivity index (χ3v) is 3.20. The van der Waals surface area contributed by atoms with Crippen molar-refractivity contribution < 1.29 is 42.5 Å². The van der Waals surface area contributed by atoms with E-state index in [1.807, 2.05) is 0 Å². The van der Waals surface area contributed by atoms with E-state index in [-0.39, 0.29) is 19.4 Å². The molecule has 0 radical (unpaired) electrons. The van der Waals surface area contributed by atoms with Crippen molar-refractivity contribution in [3.8, 4) is 0 Å². The van der Waals surface area contributed by atoms with Crippen molar-refractivity contribution in [2.24, 2.45) is 0 Å². The molecule has 0 bridgehead atoms. The Morgan fingerprint density at radius 2 is 1.43 bits per heavy atom. The minimum atomic E-state index is -1.47. The van der Waals surface area contributed by atoms with Crippen molar-refractivity contribution in [3.05, 3.63) is 11.9 Å². The number of nitrogens with zero attached hydrogens (tertiary/aromatic N) is 1. The molecule has 0 heterocycles. The van der Waals surface area contributed by atoms with Crippen molar-refractivity contribution in [2.75, 3.05) is 13.7 Å². The van der Waals surface area contributed by atoms with Crippen LogP contribution in [0.5, 0.6) is 0 Å². The zero-order valence-corrected chi connectivity index (χ0v) is 18.9. The Balaban J connectivity index is 5.80. The number of hydrogen-bond donors (Lipinski definition) is 0. The van der Waals surface area contributed by atoms with Gasteiger partial charge in [-0.3, -0.25) is 0 Å². The molecular weight excluding hydrogens is 401 g/mol. The highest BCUT2D eigenvalue weighted by atomic mass is 19.1. The van der Waals surface area contributed by atoms with Crippen molar-refractivity contribution in [1.82, 2.24) is 4.90 Å². The number of halogens is 1. The minimum Gasteiger partial charge on any atom is -0.467 e. The first-order chi connectivity index (χ1) is 13.6. The van der Waals surface area contributed by atoms with Crippen LogP contribution in [-0.2, 0) is 28.5 Å². The van der Waals surface area contributed by atoms with E-state index in [1.165, 1.54) is 6.92 Å². The summed E-state index contributed by atoms with van der Waals surface area (Å²) in [6.45, 7) is 11.0. The van der Waals surface area contributed by atoms with Gasteiger partial charge in [-0.1, -0.05) is 0 Å². The standard InChI is InChI=1S/C20H32FNO8/c1-9-28-15(23)13(21)11-10-12-14(16(24)27-8)22(17(25)29-19(2,3)4)18(26)30-20(5,6)7/h11,14H,9-10,12H2,1-8H3/b13-11+/t14-/m1/s1. The van der Waals surface area contributed by atoms with Gasteiger partial charge in [0.05, 0.1) is 13.7 Å². The lowest BCUT2D eigenvalue weighted by molar-refractivity contribution is -0.146. The lowest BCUT2D eigenvalue weighted by Gasteiger charge is -2.32. The van der Waals surface area contributed by atoms with Gasteiger partial charge in [0, 0.05) is 0 Å². The topological polar surface area (TPSA) is 108 Å². The third kappa shape index (κ3) is 10.2. The molecule has 9 nitrogen and oxygen atoms in total. The zero-order chi connectivity index (χ0) is 23.7. The molecule has 2 amide bonds. The third-order valence-electron chi connectivity index (χ3n) is 3.20. The Labute approximate surface area is 176 Å². The van der Waals surface area contributed by atoms with Crippen LogP contribution in [0.15, 0.2) is 11.9 Å². The molecule has 0 aromatic rings. The smallest absolute Gasteiger partial charge is 0.420 e. The second-order valence-electron chi connectivity index (χ2n) is 8.22. The Kier molecular flexibility index (Phi) is 10.5. The van der Waals surface area contributed by atoms with E-state index in [9.17, 15) is 23.6 Å². The van der Waals surface area contributed by atoms with E-state index < -0.39 is 47.2 Å². The summed E-state index contributed by atoms with van der Waals surface area (Å²) in [4.78, 5) is 49.5. The number of methoxy groups -OCH3 is 1. The number of carbonyl (C=O) groups excluding carboxylic acids is 4. The molecule has 0 aromatic heterocycles. The maximum Gasteiger partial charge on any atom is 0.420 e. The van der Waals surface area contributed by atoms with E-state index in [4.69, 9.17) is 14.2 Å². The number of imide groups is 1. The summed E-state index contributed by atoms with van der Waals surface area (Å²) in [5.74, 6) is -3.23. The molecule has 0 N–H and O–H groups in total. The number of rotatable bonds is 7. The fourth-order valence-corrected chi connectivity index (χ4v) is 2.09. The van der Waals surface area contributed by atoms with Gasteiger partial charge in [-0.15, -0.1) is 0 Å². The van der Waals surface area contributed by atoms with Gasteiger partial charge in [-0.05, 0) is 67.4 Å². The molecule has 10 heteroatoms. The zero-order valence-electron chi connectivity index (χ0n) is 18.9. The predicted molar refractivity (Wildman–Crippen MR) is 105 cm³/mol. The number of amides is 2. The molecule has 0 unspecified atom stereocenters. The van der Waals surface area contributed by atoms with Crippen LogP contribution in [0, 0.1) is 0 Å². The van der Waals surface area contributed by atoms with Gasteiger partial charge >= 0.3 is 24.1 Å². The molecule has 0 aromatic carbocycles. The Bertz CT molecular complexity index is 633. The van der Waals surface area contributed by atoms with Crippen LogP contribution in [0.25, 0.3) is 0 Å². The number of ether oxygens (including phenoxy) is 4. The van der Waals surface area contributed by atoms with Crippen LogP contribution in [0.4, 0.5) is 14.0 Å². The fourth-order valence-electron chi connectivity index (χ4n) is 2.09. The SMILES string of the molecule is CCOC(=O)/C(F)=C\CC[C@H](C(=O)OC)N(C(=O)OC(C)(C)C)C(=O)OC(C)(C)C. The van der Waals surface area contributed by atoms with Crippen LogP contribution >= 0.6 is 0 Å². The van der Waals surface area contributed by atoms with Crippen molar-refractivity contribution in [2.45, 2.75) is 78.6 Å². The maximum absolute atomic E-state index is 13.8. The van der Waals surface area contributed by atoms with Crippen LogP contribution < -0.4 is 0 Å². The summed E-state index contributed by atoms with van der Waals surface area (Å²) in [5.41, 5.74) is -1.93. The summed E-state index contributed by atoms with van der Waals surface area (Å²) in [6.07, 6.45) is -1.76. The van der Waals surface area contributed by atoms with Crippen molar-refractivity contribution in [3.63, 3.8) is 0 Å². The minimum absolute atomic E-state index is 0.00402. The monoisotopic (exact) mass is 433 g/mol. The second kappa shape index (κ2) is 11.5. The molecule has 0 aliphatic rings. The maximum atomic E-state index is 13.8. The summed E-state index contributed by atoms with van der Waals surface area (Å²) in [5, 5.41) is 0. The number of esters is 2. The van der Waals surface area contributed by atoms with E-state index in [1.54, 1.807) is 41.5 Å². The highest BCUT2D eigenvalue weighted by Crippen LogP contribution is 2.20. The normalized spacial score (nSPS) is 13.2. The number of allylic oxidation sites excluding steroid dienone is 1. The summed E-state index contributed by atoms with van der Waals surface area (Å²) >= 11 is 0. The van der Waals surface area contributed by atoms with Gasteiger partial charge in [0.1, 0.15) is 17.2 Å². The summed E-state index contributed by atoms with van der Waals surface area (Å²) < 4.78 is 33.4. The molecule has 0 saturated heterocycles. The first-order valence-corrected chi connectivity index (χ1v) is 9.48. The largest absolute Gasteiger partial charge is 0.467 e. The Morgan fingerprint density at radius 3 is 1.80 bits per heavy atom. The molecule has 1 atom stereocenters. The molecule has 0 saturated carbocycles. The highest BCUT2D eigenvalue weighted by Gasteiger charge is 2.40. The molecular formula is C20H32FNO8. The molecule has 0 aliphatic heterocycles.